The van der Waals surface area contributed by atoms with Crippen LogP contribution in [0.1, 0.15) is 12.8 Å². The molecule has 0 radical (unpaired) electrons. The van der Waals surface area contributed by atoms with E-state index in [9.17, 15) is 8.42 Å². The van der Waals surface area contributed by atoms with Crippen LogP contribution in [0.2, 0.25) is 5.02 Å². The normalized spacial score (nSPS) is 18.7. The molecule has 0 spiro atoms. The van der Waals surface area contributed by atoms with Crippen LogP contribution in [-0.2, 0) is 10.0 Å². The van der Waals surface area contributed by atoms with Gasteiger partial charge in [0.1, 0.15) is 4.90 Å². The summed E-state index contributed by atoms with van der Waals surface area (Å²) in [5, 5.41) is 1.62. The highest BCUT2D eigenvalue weighted by Gasteiger charge is 2.31. The molecular weight excluding hydrogens is 491 g/mol. The van der Waals surface area contributed by atoms with Crippen molar-refractivity contribution in [2.45, 2.75) is 17.7 Å². The second-order valence-electron chi connectivity index (χ2n) is 8.98. The lowest BCUT2D eigenvalue weighted by Crippen LogP contribution is -2.49. The number of anilines is 1. The number of rotatable bonds is 5. The van der Waals surface area contributed by atoms with E-state index >= 15 is 0 Å². The third kappa shape index (κ3) is 5.50. The van der Waals surface area contributed by atoms with Gasteiger partial charge in [-0.05, 0) is 55.2 Å². The highest BCUT2D eigenvalue weighted by atomic mass is 35.5. The smallest absolute Gasteiger partial charge is 0.244 e. The minimum absolute atomic E-state index is 0. The zero-order valence-corrected chi connectivity index (χ0v) is 21.4. The van der Waals surface area contributed by atoms with Gasteiger partial charge in [-0.25, -0.2) is 8.42 Å². The molecule has 0 aliphatic carbocycles. The minimum Gasteiger partial charge on any atom is -0.369 e. The Labute approximate surface area is 213 Å². The Morgan fingerprint density at radius 3 is 2.29 bits per heavy atom. The van der Waals surface area contributed by atoms with Gasteiger partial charge >= 0.3 is 0 Å². The summed E-state index contributed by atoms with van der Waals surface area (Å²) in [5.41, 5.74) is 2.03. The lowest BCUT2D eigenvalue weighted by molar-refractivity contribution is 0.176. The van der Waals surface area contributed by atoms with Gasteiger partial charge in [0.25, 0.3) is 0 Å². The summed E-state index contributed by atoms with van der Waals surface area (Å²) in [6, 6.07) is 17.4. The molecule has 0 unspecified atom stereocenters. The number of halogens is 2. The maximum absolute atomic E-state index is 13.2. The monoisotopic (exact) mass is 520 g/mol. The Kier molecular flexibility index (Phi) is 8.00. The van der Waals surface area contributed by atoms with E-state index in [1.807, 2.05) is 36.4 Å². The van der Waals surface area contributed by atoms with E-state index in [4.69, 9.17) is 11.6 Å². The fourth-order valence-electron chi connectivity index (χ4n) is 4.88. The number of sulfonamides is 1. The average Bonchev–Trinajstić information content (AvgIpc) is 2.85. The molecular formula is C25H30Cl2N4O2S. The van der Waals surface area contributed by atoms with Crippen LogP contribution in [0.5, 0.6) is 0 Å². The number of nitrogens with zero attached hydrogens (tertiary/aromatic N) is 4. The Balaban J connectivity index is 0.00000274. The molecule has 2 fully saturated rings. The molecule has 2 saturated heterocycles. The van der Waals surface area contributed by atoms with Gasteiger partial charge in [-0.3, -0.25) is 9.88 Å². The summed E-state index contributed by atoms with van der Waals surface area (Å²) in [5.74, 6) is 0.535. The molecule has 3 aromatic rings. The van der Waals surface area contributed by atoms with Gasteiger partial charge in [-0.2, -0.15) is 4.31 Å². The van der Waals surface area contributed by atoms with Crippen molar-refractivity contribution in [2.75, 3.05) is 50.7 Å². The summed E-state index contributed by atoms with van der Waals surface area (Å²) in [6.07, 6.45) is 3.29. The Hall–Kier alpha value is -1.90. The first-order valence-electron chi connectivity index (χ1n) is 11.6. The van der Waals surface area contributed by atoms with Crippen LogP contribution in [0.15, 0.2) is 65.7 Å². The van der Waals surface area contributed by atoms with Crippen LogP contribution < -0.4 is 4.90 Å². The standard InChI is InChI=1S/C25H29ClN4O2S.ClH/c26-22-5-7-23(8-6-22)29-15-13-28(14-16-29)19-20-9-11-30(12-10-20)33(31,32)24-17-21-3-1-2-4-25(21)27-18-24;/h1-8,17-18,20H,9-16,19H2;1H. The fourth-order valence-corrected chi connectivity index (χ4v) is 6.46. The van der Waals surface area contributed by atoms with E-state index in [-0.39, 0.29) is 17.3 Å². The molecule has 0 N–H and O–H groups in total. The van der Waals surface area contributed by atoms with E-state index in [1.54, 1.807) is 10.4 Å². The first kappa shape index (κ1) is 25.2. The van der Waals surface area contributed by atoms with Gasteiger partial charge in [0, 0.05) is 68.1 Å². The molecule has 34 heavy (non-hydrogen) atoms. The van der Waals surface area contributed by atoms with E-state index in [0.29, 0.717) is 19.0 Å². The number of hydrogen-bond donors (Lipinski definition) is 0. The number of para-hydroxylation sites is 1. The summed E-state index contributed by atoms with van der Waals surface area (Å²) >= 11 is 6.01. The maximum atomic E-state index is 13.2. The van der Waals surface area contributed by atoms with Crippen molar-refractivity contribution in [1.29, 1.82) is 0 Å². The second kappa shape index (κ2) is 10.8. The van der Waals surface area contributed by atoms with Crippen LogP contribution in [0, 0.1) is 5.92 Å². The Morgan fingerprint density at radius 2 is 1.59 bits per heavy atom. The maximum Gasteiger partial charge on any atom is 0.244 e. The summed E-state index contributed by atoms with van der Waals surface area (Å²) in [4.78, 5) is 9.56. The molecule has 2 aromatic carbocycles. The highest BCUT2D eigenvalue weighted by molar-refractivity contribution is 7.89. The number of benzene rings is 2. The van der Waals surface area contributed by atoms with Crippen molar-refractivity contribution in [3.05, 3.63) is 65.8 Å². The summed E-state index contributed by atoms with van der Waals surface area (Å²) < 4.78 is 28.0. The minimum atomic E-state index is -3.51. The number of hydrogen-bond acceptors (Lipinski definition) is 5. The highest BCUT2D eigenvalue weighted by Crippen LogP contribution is 2.26. The molecule has 0 saturated carbocycles. The summed E-state index contributed by atoms with van der Waals surface area (Å²) in [7, 11) is -3.51. The van der Waals surface area contributed by atoms with Crippen molar-refractivity contribution in [2.24, 2.45) is 5.92 Å². The van der Waals surface area contributed by atoms with Crippen LogP contribution in [-0.4, -0.2) is 68.4 Å². The SMILES string of the molecule is Cl.O=S(=O)(c1cnc2ccccc2c1)N1CCC(CN2CCN(c3ccc(Cl)cc3)CC2)CC1. The number of pyridine rings is 1. The molecule has 182 valence electrons. The lowest BCUT2D eigenvalue weighted by Gasteiger charge is -2.39. The molecule has 0 bridgehead atoms. The number of aromatic nitrogens is 1. The Morgan fingerprint density at radius 1 is 0.912 bits per heavy atom. The van der Waals surface area contributed by atoms with E-state index in [2.05, 4.69) is 26.9 Å². The van der Waals surface area contributed by atoms with Gasteiger partial charge in [0.15, 0.2) is 0 Å². The van der Waals surface area contributed by atoms with Gasteiger partial charge in [-0.15, -0.1) is 12.4 Å². The first-order valence-corrected chi connectivity index (χ1v) is 13.4. The van der Waals surface area contributed by atoms with Crippen LogP contribution >= 0.6 is 24.0 Å². The lowest BCUT2D eigenvalue weighted by atomic mass is 9.97. The quantitative estimate of drug-likeness (QED) is 0.494. The predicted molar refractivity (Wildman–Crippen MR) is 141 cm³/mol. The largest absolute Gasteiger partial charge is 0.369 e. The van der Waals surface area contributed by atoms with Crippen molar-refractivity contribution in [3.8, 4) is 0 Å². The van der Waals surface area contributed by atoms with Crippen LogP contribution in [0.25, 0.3) is 10.9 Å². The molecule has 1 aromatic heterocycles. The van der Waals surface area contributed by atoms with E-state index in [0.717, 1.165) is 61.5 Å². The summed E-state index contributed by atoms with van der Waals surface area (Å²) in [6.45, 7) is 6.26. The topological polar surface area (TPSA) is 56.8 Å². The average molecular weight is 522 g/mol. The molecule has 9 heteroatoms. The molecule has 0 atom stereocenters. The second-order valence-corrected chi connectivity index (χ2v) is 11.3. The van der Waals surface area contributed by atoms with Crippen molar-refractivity contribution in [3.63, 3.8) is 0 Å². The number of piperazine rings is 1. The molecule has 5 rings (SSSR count). The molecule has 2 aliphatic rings. The van der Waals surface area contributed by atoms with Gasteiger partial charge < -0.3 is 4.90 Å². The number of piperidine rings is 1. The molecule has 3 heterocycles. The van der Waals surface area contributed by atoms with Crippen molar-refractivity contribution in [1.82, 2.24) is 14.2 Å². The van der Waals surface area contributed by atoms with E-state index in [1.165, 1.54) is 11.9 Å². The van der Waals surface area contributed by atoms with Crippen LogP contribution in [0.4, 0.5) is 5.69 Å². The zero-order chi connectivity index (χ0) is 22.8. The van der Waals surface area contributed by atoms with Gasteiger partial charge in [-0.1, -0.05) is 29.8 Å². The molecule has 2 aliphatic heterocycles. The van der Waals surface area contributed by atoms with Gasteiger partial charge in [0.2, 0.25) is 10.0 Å². The fraction of sp³-hybridized carbons (Fsp3) is 0.400. The van der Waals surface area contributed by atoms with Crippen molar-refractivity contribution >= 4 is 50.6 Å². The Bertz CT molecular complexity index is 1210. The van der Waals surface area contributed by atoms with E-state index < -0.39 is 10.0 Å². The molecule has 6 nitrogen and oxygen atoms in total. The van der Waals surface area contributed by atoms with Crippen molar-refractivity contribution < 1.29 is 8.42 Å². The zero-order valence-electron chi connectivity index (χ0n) is 19.0. The number of fused-ring (bicyclic) bond motifs is 1. The predicted octanol–water partition coefficient (Wildman–Crippen LogP) is 4.53. The third-order valence-electron chi connectivity index (χ3n) is 6.86. The third-order valence-corrected chi connectivity index (χ3v) is 8.97. The molecule has 0 amide bonds. The first-order chi connectivity index (χ1) is 16.0. The van der Waals surface area contributed by atoms with Gasteiger partial charge in [0.05, 0.1) is 5.52 Å². The van der Waals surface area contributed by atoms with Crippen LogP contribution in [0.3, 0.4) is 0 Å².